The minimum Gasteiger partial charge on any atom is -0.382 e. The molecule has 0 spiro atoms. The Morgan fingerprint density at radius 1 is 1.27 bits per heavy atom. The van der Waals surface area contributed by atoms with Crippen molar-refractivity contribution in [3.05, 3.63) is 0 Å². The minimum absolute atomic E-state index is 0.154. The normalized spacial score (nSPS) is 15.6. The van der Waals surface area contributed by atoms with Gasteiger partial charge in [-0.15, -0.1) is 0 Å². The molecule has 92 valence electrons. The number of nitrogens with zero attached hydrogens (tertiary/aromatic N) is 1. The molecule has 1 unspecified atom stereocenters. The topological polar surface area (TPSA) is 38.5 Å². The molecular weight excluding hydrogens is 188 g/mol. The fourth-order valence-electron chi connectivity index (χ4n) is 1.81. The summed E-state index contributed by atoms with van der Waals surface area (Å²) in [6.07, 6.45) is 2.20. The van der Waals surface area contributed by atoms with Crippen LogP contribution in [0.25, 0.3) is 0 Å². The second kappa shape index (κ2) is 8.08. The maximum absolute atomic E-state index is 5.85. The molecule has 0 saturated carbocycles. The third-order valence-electron chi connectivity index (χ3n) is 3.27. The van der Waals surface area contributed by atoms with E-state index in [1.54, 1.807) is 0 Å². The van der Waals surface area contributed by atoms with Crippen molar-refractivity contribution in [2.45, 2.75) is 46.1 Å². The van der Waals surface area contributed by atoms with Crippen LogP contribution in [0.2, 0.25) is 0 Å². The van der Waals surface area contributed by atoms with Crippen molar-refractivity contribution in [1.82, 2.24) is 4.90 Å². The standard InChI is InChI=1S/C12H28N2O/c1-5-12(4,11-13)14(6-2)9-8-10-15-7-3/h5-11,13H2,1-4H3. The molecule has 2 N–H and O–H groups in total. The van der Waals surface area contributed by atoms with Crippen LogP contribution < -0.4 is 5.73 Å². The van der Waals surface area contributed by atoms with Gasteiger partial charge in [0.15, 0.2) is 0 Å². The van der Waals surface area contributed by atoms with E-state index in [-0.39, 0.29) is 5.54 Å². The van der Waals surface area contributed by atoms with Crippen LogP contribution in [0.1, 0.15) is 40.5 Å². The van der Waals surface area contributed by atoms with E-state index >= 15 is 0 Å². The van der Waals surface area contributed by atoms with Crippen LogP contribution in [0.4, 0.5) is 0 Å². The SMILES string of the molecule is CCOCCCN(CC)C(C)(CC)CN. The van der Waals surface area contributed by atoms with Crippen molar-refractivity contribution in [3.8, 4) is 0 Å². The van der Waals surface area contributed by atoms with Crippen molar-refractivity contribution < 1.29 is 4.74 Å². The maximum Gasteiger partial charge on any atom is 0.0478 e. The molecular formula is C12H28N2O. The number of hydrogen-bond donors (Lipinski definition) is 1. The highest BCUT2D eigenvalue weighted by Crippen LogP contribution is 2.17. The van der Waals surface area contributed by atoms with Gasteiger partial charge in [-0.2, -0.15) is 0 Å². The van der Waals surface area contributed by atoms with Crippen molar-refractivity contribution in [3.63, 3.8) is 0 Å². The number of likely N-dealkylation sites (N-methyl/N-ethyl adjacent to an activating group) is 1. The smallest absolute Gasteiger partial charge is 0.0478 e. The summed E-state index contributed by atoms with van der Waals surface area (Å²) in [6, 6.07) is 0. The third kappa shape index (κ3) is 4.96. The monoisotopic (exact) mass is 216 g/mol. The summed E-state index contributed by atoms with van der Waals surface area (Å²) in [5.41, 5.74) is 6.01. The highest BCUT2D eigenvalue weighted by molar-refractivity contribution is 4.85. The van der Waals surface area contributed by atoms with Gasteiger partial charge in [-0.1, -0.05) is 13.8 Å². The summed E-state index contributed by atoms with van der Waals surface area (Å²) in [5.74, 6) is 0. The molecule has 0 saturated heterocycles. The molecule has 0 aliphatic rings. The lowest BCUT2D eigenvalue weighted by Gasteiger charge is -2.39. The van der Waals surface area contributed by atoms with Gasteiger partial charge in [-0.25, -0.2) is 0 Å². The van der Waals surface area contributed by atoms with Crippen molar-refractivity contribution in [2.24, 2.45) is 5.73 Å². The second-order valence-electron chi connectivity index (χ2n) is 4.18. The molecule has 3 nitrogen and oxygen atoms in total. The fourth-order valence-corrected chi connectivity index (χ4v) is 1.81. The molecule has 0 aromatic carbocycles. The Bertz CT molecular complexity index is 147. The minimum atomic E-state index is 0.154. The largest absolute Gasteiger partial charge is 0.382 e. The van der Waals surface area contributed by atoms with E-state index in [1.807, 2.05) is 6.92 Å². The van der Waals surface area contributed by atoms with Gasteiger partial charge in [0.25, 0.3) is 0 Å². The molecule has 0 heterocycles. The van der Waals surface area contributed by atoms with E-state index in [4.69, 9.17) is 10.5 Å². The highest BCUT2D eigenvalue weighted by atomic mass is 16.5. The summed E-state index contributed by atoms with van der Waals surface area (Å²) >= 11 is 0. The van der Waals surface area contributed by atoms with Crippen LogP contribution in [-0.4, -0.2) is 43.3 Å². The number of rotatable bonds is 9. The average molecular weight is 216 g/mol. The number of hydrogen-bond acceptors (Lipinski definition) is 3. The van der Waals surface area contributed by atoms with Crippen LogP contribution >= 0.6 is 0 Å². The molecule has 0 aromatic rings. The molecule has 0 aliphatic carbocycles. The van der Waals surface area contributed by atoms with Crippen molar-refractivity contribution in [2.75, 3.05) is 32.8 Å². The van der Waals surface area contributed by atoms with Crippen molar-refractivity contribution >= 4 is 0 Å². The summed E-state index contributed by atoms with van der Waals surface area (Å²) < 4.78 is 5.35. The third-order valence-corrected chi connectivity index (χ3v) is 3.27. The molecule has 0 rings (SSSR count). The lowest BCUT2D eigenvalue weighted by Crippen LogP contribution is -2.51. The fraction of sp³-hybridized carbons (Fsp3) is 1.00. The van der Waals surface area contributed by atoms with E-state index in [1.165, 1.54) is 0 Å². The van der Waals surface area contributed by atoms with Gasteiger partial charge in [0.2, 0.25) is 0 Å². The number of ether oxygens (including phenoxy) is 1. The van der Waals surface area contributed by atoms with Crippen LogP contribution in [0.5, 0.6) is 0 Å². The quantitative estimate of drug-likeness (QED) is 0.598. The summed E-state index contributed by atoms with van der Waals surface area (Å²) in [6.45, 7) is 13.2. The zero-order chi connectivity index (χ0) is 11.7. The molecule has 0 radical (unpaired) electrons. The van der Waals surface area contributed by atoms with Crippen LogP contribution in [0, 0.1) is 0 Å². The molecule has 0 fully saturated rings. The molecule has 3 heteroatoms. The lowest BCUT2D eigenvalue weighted by atomic mass is 9.96. The van der Waals surface area contributed by atoms with E-state index in [0.29, 0.717) is 0 Å². The summed E-state index contributed by atoms with van der Waals surface area (Å²) in [5, 5.41) is 0. The predicted molar refractivity (Wildman–Crippen MR) is 66.1 cm³/mol. The van der Waals surface area contributed by atoms with Crippen molar-refractivity contribution in [1.29, 1.82) is 0 Å². The highest BCUT2D eigenvalue weighted by Gasteiger charge is 2.26. The Labute approximate surface area is 95.0 Å². The zero-order valence-corrected chi connectivity index (χ0v) is 10.9. The van der Waals surface area contributed by atoms with Gasteiger partial charge in [0.05, 0.1) is 0 Å². The van der Waals surface area contributed by atoms with Gasteiger partial charge in [-0.3, -0.25) is 4.90 Å². The van der Waals surface area contributed by atoms with Crippen LogP contribution in [0.3, 0.4) is 0 Å². The Morgan fingerprint density at radius 2 is 1.93 bits per heavy atom. The predicted octanol–water partition coefficient (Wildman–Crippen LogP) is 1.86. The first kappa shape index (κ1) is 14.9. The molecule has 0 aliphatic heterocycles. The summed E-state index contributed by atoms with van der Waals surface area (Å²) in [4.78, 5) is 2.46. The first-order chi connectivity index (χ1) is 7.14. The first-order valence-corrected chi connectivity index (χ1v) is 6.17. The number of nitrogens with two attached hydrogens (primary N) is 1. The van der Waals surface area contributed by atoms with Gasteiger partial charge >= 0.3 is 0 Å². The van der Waals surface area contributed by atoms with Gasteiger partial charge in [0, 0.05) is 31.8 Å². The first-order valence-electron chi connectivity index (χ1n) is 6.17. The Kier molecular flexibility index (Phi) is 8.02. The van der Waals surface area contributed by atoms with E-state index in [2.05, 4.69) is 25.7 Å². The van der Waals surface area contributed by atoms with Gasteiger partial charge < -0.3 is 10.5 Å². The molecule has 0 aromatic heterocycles. The Balaban J connectivity index is 3.99. The Hall–Kier alpha value is -0.120. The van der Waals surface area contributed by atoms with E-state index in [0.717, 1.165) is 45.7 Å². The average Bonchev–Trinajstić information content (AvgIpc) is 2.28. The van der Waals surface area contributed by atoms with Crippen LogP contribution in [0.15, 0.2) is 0 Å². The summed E-state index contributed by atoms with van der Waals surface area (Å²) in [7, 11) is 0. The van der Waals surface area contributed by atoms with Gasteiger partial charge in [-0.05, 0) is 33.2 Å². The van der Waals surface area contributed by atoms with E-state index in [9.17, 15) is 0 Å². The Morgan fingerprint density at radius 3 is 2.33 bits per heavy atom. The van der Waals surface area contributed by atoms with Gasteiger partial charge in [0.1, 0.15) is 0 Å². The second-order valence-corrected chi connectivity index (χ2v) is 4.18. The maximum atomic E-state index is 5.85. The molecule has 0 amide bonds. The van der Waals surface area contributed by atoms with E-state index < -0.39 is 0 Å². The zero-order valence-electron chi connectivity index (χ0n) is 10.9. The molecule has 0 bridgehead atoms. The molecule has 1 atom stereocenters. The molecule has 15 heavy (non-hydrogen) atoms. The lowest BCUT2D eigenvalue weighted by molar-refractivity contribution is 0.0857. The van der Waals surface area contributed by atoms with Crippen LogP contribution in [-0.2, 0) is 4.74 Å².